The Hall–Kier alpha value is -2.94. The standard InChI is InChI=1S/C20H20F2N2O2/c1-12(2)14-5-4-13(3)19(8-14)26-11-20(25)24-18(10-23)16-7-6-15(21)9-17(16)22/h4-9,12,18H,11H2,1-3H3,(H,24,25). The number of carbonyl (C=O) groups is 1. The van der Waals surface area contributed by atoms with Gasteiger partial charge < -0.3 is 10.1 Å². The van der Waals surface area contributed by atoms with Gasteiger partial charge in [0.25, 0.3) is 5.91 Å². The molecule has 2 rings (SSSR count). The minimum Gasteiger partial charge on any atom is -0.483 e. The first-order valence-electron chi connectivity index (χ1n) is 8.19. The largest absolute Gasteiger partial charge is 0.483 e. The summed E-state index contributed by atoms with van der Waals surface area (Å²) < 4.78 is 32.3. The number of nitriles is 1. The predicted molar refractivity (Wildman–Crippen MR) is 93.6 cm³/mol. The molecule has 1 N–H and O–H groups in total. The van der Waals surface area contributed by atoms with E-state index in [4.69, 9.17) is 4.74 Å². The van der Waals surface area contributed by atoms with Crippen LogP contribution in [0.1, 0.15) is 42.5 Å². The van der Waals surface area contributed by atoms with Crippen molar-refractivity contribution < 1.29 is 18.3 Å². The summed E-state index contributed by atoms with van der Waals surface area (Å²) in [5.74, 6) is -1.32. The first-order valence-corrected chi connectivity index (χ1v) is 8.19. The summed E-state index contributed by atoms with van der Waals surface area (Å²) >= 11 is 0. The van der Waals surface area contributed by atoms with E-state index in [2.05, 4.69) is 19.2 Å². The van der Waals surface area contributed by atoms with Crippen molar-refractivity contribution in [3.63, 3.8) is 0 Å². The summed E-state index contributed by atoms with van der Waals surface area (Å²) in [7, 11) is 0. The molecule has 2 aromatic carbocycles. The van der Waals surface area contributed by atoms with Crippen LogP contribution in [-0.4, -0.2) is 12.5 Å². The number of benzene rings is 2. The summed E-state index contributed by atoms with van der Waals surface area (Å²) in [6.07, 6.45) is 0. The molecule has 0 heterocycles. The van der Waals surface area contributed by atoms with Gasteiger partial charge in [0, 0.05) is 11.6 Å². The van der Waals surface area contributed by atoms with E-state index in [-0.39, 0.29) is 12.2 Å². The summed E-state index contributed by atoms with van der Waals surface area (Å²) in [6, 6.07) is 9.18. The van der Waals surface area contributed by atoms with Crippen LogP contribution in [0.2, 0.25) is 0 Å². The first-order chi connectivity index (χ1) is 12.3. The van der Waals surface area contributed by atoms with Crippen molar-refractivity contribution in [3.05, 3.63) is 64.7 Å². The Bertz CT molecular complexity index is 844. The lowest BCUT2D eigenvalue weighted by molar-refractivity contribution is -0.123. The average molecular weight is 358 g/mol. The van der Waals surface area contributed by atoms with E-state index in [1.165, 1.54) is 0 Å². The zero-order chi connectivity index (χ0) is 19.3. The van der Waals surface area contributed by atoms with Gasteiger partial charge >= 0.3 is 0 Å². The molecule has 2 aromatic rings. The lowest BCUT2D eigenvalue weighted by Gasteiger charge is -2.15. The maximum atomic E-state index is 13.8. The second kappa shape index (κ2) is 8.43. The van der Waals surface area contributed by atoms with Crippen molar-refractivity contribution in [2.45, 2.75) is 32.7 Å². The van der Waals surface area contributed by atoms with E-state index in [0.29, 0.717) is 17.7 Å². The molecule has 4 nitrogen and oxygen atoms in total. The lowest BCUT2D eigenvalue weighted by atomic mass is 10.0. The van der Waals surface area contributed by atoms with Gasteiger partial charge in [0.2, 0.25) is 0 Å². The van der Waals surface area contributed by atoms with Crippen molar-refractivity contribution in [2.24, 2.45) is 0 Å². The number of nitrogens with zero attached hydrogens (tertiary/aromatic N) is 1. The van der Waals surface area contributed by atoms with Gasteiger partial charge in [-0.3, -0.25) is 4.79 Å². The molecule has 0 radical (unpaired) electrons. The van der Waals surface area contributed by atoms with E-state index < -0.39 is 23.6 Å². The Morgan fingerprint density at radius 3 is 2.58 bits per heavy atom. The predicted octanol–water partition coefficient (Wildman–Crippen LogP) is 4.16. The topological polar surface area (TPSA) is 62.1 Å². The van der Waals surface area contributed by atoms with Crippen molar-refractivity contribution >= 4 is 5.91 Å². The number of halogens is 2. The molecule has 26 heavy (non-hydrogen) atoms. The molecule has 0 bridgehead atoms. The van der Waals surface area contributed by atoms with Gasteiger partial charge in [0.1, 0.15) is 23.4 Å². The zero-order valence-corrected chi connectivity index (χ0v) is 14.8. The molecule has 0 aliphatic carbocycles. The molecule has 0 aliphatic heterocycles. The van der Waals surface area contributed by atoms with E-state index in [0.717, 1.165) is 23.3 Å². The molecule has 6 heteroatoms. The monoisotopic (exact) mass is 358 g/mol. The molecule has 1 unspecified atom stereocenters. The first kappa shape index (κ1) is 19.4. The lowest BCUT2D eigenvalue weighted by Crippen LogP contribution is -2.32. The van der Waals surface area contributed by atoms with Gasteiger partial charge in [-0.25, -0.2) is 8.78 Å². The fourth-order valence-corrected chi connectivity index (χ4v) is 2.39. The number of amides is 1. The molecule has 1 atom stereocenters. The second-order valence-corrected chi connectivity index (χ2v) is 6.26. The van der Waals surface area contributed by atoms with Gasteiger partial charge in [0.15, 0.2) is 6.61 Å². The molecule has 0 saturated carbocycles. The Morgan fingerprint density at radius 1 is 1.23 bits per heavy atom. The van der Waals surface area contributed by atoms with E-state index in [1.54, 1.807) is 6.07 Å². The molecule has 0 spiro atoms. The summed E-state index contributed by atoms with van der Waals surface area (Å²) in [5.41, 5.74) is 1.86. The van der Waals surface area contributed by atoms with E-state index in [1.807, 2.05) is 25.1 Å². The number of ether oxygens (including phenoxy) is 1. The minimum absolute atomic E-state index is 0.0970. The summed E-state index contributed by atoms with van der Waals surface area (Å²) in [6.45, 7) is 5.65. The average Bonchev–Trinajstić information content (AvgIpc) is 2.59. The number of aryl methyl sites for hydroxylation is 1. The van der Waals surface area contributed by atoms with Gasteiger partial charge in [-0.1, -0.05) is 32.0 Å². The Kier molecular flexibility index (Phi) is 6.29. The molecule has 0 fully saturated rings. The SMILES string of the molecule is Cc1ccc(C(C)C)cc1OCC(=O)NC(C#N)c1ccc(F)cc1F. The number of hydrogen-bond acceptors (Lipinski definition) is 3. The quantitative estimate of drug-likeness (QED) is 0.843. The van der Waals surface area contributed by atoms with Crippen LogP contribution in [0.15, 0.2) is 36.4 Å². The highest BCUT2D eigenvalue weighted by atomic mass is 19.1. The third kappa shape index (κ3) is 4.79. The van der Waals surface area contributed by atoms with Crippen LogP contribution in [0.3, 0.4) is 0 Å². The van der Waals surface area contributed by atoms with Crippen molar-refractivity contribution in [1.29, 1.82) is 5.26 Å². The fraction of sp³-hybridized carbons (Fsp3) is 0.300. The third-order valence-corrected chi connectivity index (χ3v) is 3.95. The van der Waals surface area contributed by atoms with Crippen molar-refractivity contribution in [2.75, 3.05) is 6.61 Å². The van der Waals surface area contributed by atoms with Crippen LogP contribution >= 0.6 is 0 Å². The highest BCUT2D eigenvalue weighted by Gasteiger charge is 2.18. The maximum absolute atomic E-state index is 13.8. The maximum Gasteiger partial charge on any atom is 0.259 e. The van der Waals surface area contributed by atoms with Gasteiger partial charge in [0.05, 0.1) is 6.07 Å². The number of rotatable bonds is 6. The van der Waals surface area contributed by atoms with E-state index >= 15 is 0 Å². The van der Waals surface area contributed by atoms with Crippen LogP contribution in [0.25, 0.3) is 0 Å². The van der Waals surface area contributed by atoms with Crippen LogP contribution in [0, 0.1) is 29.9 Å². The zero-order valence-electron chi connectivity index (χ0n) is 14.8. The van der Waals surface area contributed by atoms with Gasteiger partial charge in [-0.05, 0) is 36.1 Å². The minimum atomic E-state index is -1.23. The Morgan fingerprint density at radius 2 is 1.96 bits per heavy atom. The molecule has 0 aliphatic rings. The fourth-order valence-electron chi connectivity index (χ4n) is 2.39. The highest BCUT2D eigenvalue weighted by molar-refractivity contribution is 5.78. The molecule has 0 aromatic heterocycles. The van der Waals surface area contributed by atoms with E-state index in [9.17, 15) is 18.8 Å². The van der Waals surface area contributed by atoms with Crippen LogP contribution in [0.5, 0.6) is 5.75 Å². The van der Waals surface area contributed by atoms with Crippen LogP contribution in [0.4, 0.5) is 8.78 Å². The number of nitrogens with one attached hydrogen (secondary N) is 1. The van der Waals surface area contributed by atoms with Crippen LogP contribution in [-0.2, 0) is 4.79 Å². The van der Waals surface area contributed by atoms with Crippen molar-refractivity contribution in [3.8, 4) is 11.8 Å². The van der Waals surface area contributed by atoms with Crippen LogP contribution < -0.4 is 10.1 Å². The number of carbonyl (C=O) groups excluding carboxylic acids is 1. The summed E-state index contributed by atoms with van der Waals surface area (Å²) in [4.78, 5) is 12.1. The summed E-state index contributed by atoms with van der Waals surface area (Å²) in [5, 5.41) is 11.6. The normalized spacial score (nSPS) is 11.7. The number of hydrogen-bond donors (Lipinski definition) is 1. The third-order valence-electron chi connectivity index (χ3n) is 3.95. The molecular formula is C20H20F2N2O2. The molecular weight excluding hydrogens is 338 g/mol. The smallest absolute Gasteiger partial charge is 0.259 e. The molecule has 136 valence electrons. The molecule has 1 amide bonds. The Balaban J connectivity index is 2.04. The van der Waals surface area contributed by atoms with Gasteiger partial charge in [-0.2, -0.15) is 5.26 Å². The highest BCUT2D eigenvalue weighted by Crippen LogP contribution is 2.24. The van der Waals surface area contributed by atoms with Gasteiger partial charge in [-0.15, -0.1) is 0 Å². The van der Waals surface area contributed by atoms with Crippen molar-refractivity contribution in [1.82, 2.24) is 5.32 Å². The molecule has 0 saturated heterocycles. The Labute approximate surface area is 151 Å². The second-order valence-electron chi connectivity index (χ2n) is 6.26.